The van der Waals surface area contributed by atoms with Crippen LogP contribution < -0.4 is 16.0 Å². The zero-order chi connectivity index (χ0) is 12.6. The van der Waals surface area contributed by atoms with Gasteiger partial charge in [0.1, 0.15) is 0 Å². The number of rotatable bonds is 2. The second-order valence-electron chi connectivity index (χ2n) is 3.69. The number of hydrogen-bond donors (Lipinski definition) is 0. The van der Waals surface area contributed by atoms with Crippen LogP contribution in [-0.2, 0) is 4.79 Å². The lowest BCUT2D eigenvalue weighted by Crippen LogP contribution is -2.25. The van der Waals surface area contributed by atoms with E-state index in [1.165, 1.54) is 0 Å². The van der Waals surface area contributed by atoms with Crippen LogP contribution in [0.5, 0.6) is 0 Å². The van der Waals surface area contributed by atoms with Gasteiger partial charge in [0, 0.05) is 16.5 Å². The van der Waals surface area contributed by atoms with E-state index in [2.05, 4.69) is 0 Å². The lowest BCUT2D eigenvalue weighted by molar-refractivity contribution is -0.301. The van der Waals surface area contributed by atoms with E-state index in [9.17, 15) is 19.5 Å². The van der Waals surface area contributed by atoms with Gasteiger partial charge in [0.2, 0.25) is 10.9 Å². The van der Waals surface area contributed by atoms with E-state index in [4.69, 9.17) is 0 Å². The van der Waals surface area contributed by atoms with Gasteiger partial charge in [-0.3, -0.25) is 9.59 Å². The zero-order valence-corrected chi connectivity index (χ0v) is 9.87. The fraction of sp³-hybridized carbons (Fsp3) is 0.167. The van der Waals surface area contributed by atoms with Crippen LogP contribution in [0.3, 0.4) is 0 Å². The molecule has 2 aromatic rings. The third kappa shape index (κ3) is 1.93. The highest BCUT2D eigenvalue weighted by atomic mass is 32.2. The predicted octanol–water partition coefficient (Wildman–Crippen LogP) is -0.384. The molecular formula is C12H9O4S-. The van der Waals surface area contributed by atoms with Crippen LogP contribution >= 0.6 is 10.5 Å². The van der Waals surface area contributed by atoms with Crippen molar-refractivity contribution < 1.29 is 9.90 Å². The van der Waals surface area contributed by atoms with Gasteiger partial charge < -0.3 is 9.90 Å². The number of carbonyl (C=O) groups is 1. The summed E-state index contributed by atoms with van der Waals surface area (Å²) in [6.45, 7) is 0. The van der Waals surface area contributed by atoms with Gasteiger partial charge in [-0.2, -0.15) is 10.5 Å². The molecule has 0 amide bonds. The topological polar surface area (TPSA) is 74.3 Å². The van der Waals surface area contributed by atoms with Crippen molar-refractivity contribution >= 4 is 27.2 Å². The monoisotopic (exact) mass is 249 g/mol. The largest absolute Gasteiger partial charge is 0.549 e. The van der Waals surface area contributed by atoms with Gasteiger partial charge in [0.25, 0.3) is 0 Å². The number of carboxylic acid groups (broad SMARTS) is 1. The zero-order valence-electron chi connectivity index (χ0n) is 9.06. The minimum absolute atomic E-state index is 0.0791. The van der Waals surface area contributed by atoms with E-state index in [0.717, 1.165) is 0 Å². The average molecular weight is 249 g/mol. The van der Waals surface area contributed by atoms with Crippen LogP contribution in [0.4, 0.5) is 0 Å². The summed E-state index contributed by atoms with van der Waals surface area (Å²) in [5.74, 6) is -1.54. The SMILES string of the molecule is C[S@](CC(=O)[O-])=c1c(=O)c2ccccc2c1=O. The Labute approximate surface area is 98.8 Å². The first-order valence-electron chi connectivity index (χ1n) is 4.90. The Hall–Kier alpha value is -1.75. The summed E-state index contributed by atoms with van der Waals surface area (Å²) in [5.41, 5.74) is -0.699. The van der Waals surface area contributed by atoms with E-state index < -0.39 is 16.5 Å². The first-order valence-corrected chi connectivity index (χ1v) is 6.70. The molecule has 0 aliphatic carbocycles. The molecule has 0 spiro atoms. The molecule has 0 fully saturated rings. The fourth-order valence-corrected chi connectivity index (χ4v) is 3.14. The highest BCUT2D eigenvalue weighted by Crippen LogP contribution is 2.12. The van der Waals surface area contributed by atoms with E-state index in [0.29, 0.717) is 10.8 Å². The Morgan fingerprint density at radius 3 is 2.06 bits per heavy atom. The number of carbonyl (C=O) groups excluding carboxylic acids is 1. The van der Waals surface area contributed by atoms with Crippen molar-refractivity contribution in [2.75, 3.05) is 12.0 Å². The number of carboxylic acids is 1. The van der Waals surface area contributed by atoms with Gasteiger partial charge in [-0.15, -0.1) is 0 Å². The van der Waals surface area contributed by atoms with Crippen molar-refractivity contribution in [1.29, 1.82) is 0 Å². The number of aliphatic carboxylic acids is 1. The van der Waals surface area contributed by atoms with Gasteiger partial charge in [-0.25, -0.2) is 0 Å². The second kappa shape index (κ2) is 4.25. The first kappa shape index (κ1) is 11.7. The summed E-state index contributed by atoms with van der Waals surface area (Å²) in [4.78, 5) is 34.4. The highest BCUT2D eigenvalue weighted by molar-refractivity contribution is 8.09. The smallest absolute Gasteiger partial charge is 0.203 e. The normalized spacial score (nSPS) is 12.8. The summed E-state index contributed by atoms with van der Waals surface area (Å²) in [7, 11) is -0.906. The third-order valence-corrected chi connectivity index (χ3v) is 4.25. The van der Waals surface area contributed by atoms with Crippen LogP contribution in [0.1, 0.15) is 0 Å². The number of fused-ring (bicyclic) bond motifs is 1. The molecule has 0 bridgehead atoms. The Morgan fingerprint density at radius 1 is 1.18 bits per heavy atom. The van der Waals surface area contributed by atoms with Crippen molar-refractivity contribution in [2.45, 2.75) is 0 Å². The predicted molar refractivity (Wildman–Crippen MR) is 65.5 cm³/mol. The fourth-order valence-electron chi connectivity index (χ4n) is 1.79. The molecule has 0 aromatic heterocycles. The van der Waals surface area contributed by atoms with Crippen LogP contribution in [0, 0.1) is 4.51 Å². The molecule has 4 nitrogen and oxygen atoms in total. The van der Waals surface area contributed by atoms with Gasteiger partial charge in [0.15, 0.2) is 0 Å². The molecule has 1 atom stereocenters. The van der Waals surface area contributed by atoms with Crippen molar-refractivity contribution in [1.82, 2.24) is 0 Å². The number of benzene rings is 1. The Bertz CT molecular complexity index is 701. The molecule has 0 aliphatic rings. The van der Waals surface area contributed by atoms with Crippen molar-refractivity contribution in [2.24, 2.45) is 0 Å². The first-order chi connectivity index (χ1) is 8.02. The number of hydrogen-bond acceptors (Lipinski definition) is 4. The molecule has 0 unspecified atom stereocenters. The Balaban J connectivity index is 2.93. The maximum absolute atomic E-state index is 12.0. The molecule has 0 saturated heterocycles. The standard InChI is InChI=1S/C12H10O4S/c1-17(6-9(13)14)12-10(15)7-4-2-3-5-8(7)11(12)16/h2-5H,6H2,1H3,(H,13,14)/p-1/t17-/m1/s1. The lowest BCUT2D eigenvalue weighted by atomic mass is 10.2. The molecule has 0 N–H and O–H groups in total. The van der Waals surface area contributed by atoms with Gasteiger partial charge in [-0.05, 0) is 6.26 Å². The molecule has 0 aliphatic heterocycles. The van der Waals surface area contributed by atoms with Crippen molar-refractivity contribution in [3.63, 3.8) is 0 Å². The van der Waals surface area contributed by atoms with E-state index >= 15 is 0 Å². The van der Waals surface area contributed by atoms with Crippen LogP contribution in [0.15, 0.2) is 33.9 Å². The lowest BCUT2D eigenvalue weighted by Gasteiger charge is -2.00. The maximum Gasteiger partial charge on any atom is 0.203 e. The summed E-state index contributed by atoms with van der Waals surface area (Å²) >= 11 is 0. The molecule has 5 heteroatoms. The van der Waals surface area contributed by atoms with E-state index in [-0.39, 0.29) is 21.1 Å². The summed E-state index contributed by atoms with van der Waals surface area (Å²) in [6, 6.07) is 6.52. The van der Waals surface area contributed by atoms with Gasteiger partial charge in [-0.1, -0.05) is 24.3 Å². The van der Waals surface area contributed by atoms with E-state index in [1.54, 1.807) is 30.5 Å². The molecular weight excluding hydrogens is 240 g/mol. The van der Waals surface area contributed by atoms with Gasteiger partial charge in [0.05, 0.1) is 10.5 Å². The summed E-state index contributed by atoms with van der Waals surface area (Å²) in [6.07, 6.45) is 1.58. The van der Waals surface area contributed by atoms with Crippen molar-refractivity contribution in [3.8, 4) is 0 Å². The second-order valence-corrected chi connectivity index (χ2v) is 5.66. The molecule has 88 valence electrons. The molecule has 0 radical (unpaired) electrons. The average Bonchev–Trinajstić information content (AvgIpc) is 2.51. The van der Waals surface area contributed by atoms with E-state index in [1.807, 2.05) is 0 Å². The minimum Gasteiger partial charge on any atom is -0.549 e. The van der Waals surface area contributed by atoms with Crippen LogP contribution in [0.25, 0.3) is 10.8 Å². The Kier molecular flexibility index (Phi) is 2.93. The van der Waals surface area contributed by atoms with Crippen LogP contribution in [0.2, 0.25) is 0 Å². The quantitative estimate of drug-likeness (QED) is 0.680. The Morgan fingerprint density at radius 2 is 1.65 bits per heavy atom. The van der Waals surface area contributed by atoms with Crippen molar-refractivity contribution in [3.05, 3.63) is 49.2 Å². The molecule has 0 saturated carbocycles. The summed E-state index contributed by atoms with van der Waals surface area (Å²) < 4.78 is 0.0791. The highest BCUT2D eigenvalue weighted by Gasteiger charge is 2.10. The summed E-state index contributed by atoms with van der Waals surface area (Å²) in [5, 5.41) is 11.2. The maximum atomic E-state index is 12.0. The molecule has 0 heterocycles. The van der Waals surface area contributed by atoms with Gasteiger partial charge >= 0.3 is 0 Å². The molecule has 17 heavy (non-hydrogen) atoms. The van der Waals surface area contributed by atoms with Crippen LogP contribution in [-0.4, -0.2) is 18.0 Å². The molecule has 2 rings (SSSR count). The molecule has 2 aromatic carbocycles. The minimum atomic E-state index is -1.25. The third-order valence-electron chi connectivity index (χ3n) is 2.51.